The highest BCUT2D eigenvalue weighted by molar-refractivity contribution is 7.90. The maximum absolute atomic E-state index is 12.1. The first-order chi connectivity index (χ1) is 8.31. The quantitative estimate of drug-likeness (QED) is 0.729. The van der Waals surface area contributed by atoms with Crippen molar-refractivity contribution >= 4 is 15.6 Å². The van der Waals surface area contributed by atoms with Crippen molar-refractivity contribution in [2.24, 2.45) is 0 Å². The van der Waals surface area contributed by atoms with Gasteiger partial charge in [-0.25, -0.2) is 8.42 Å². The fraction of sp³-hybridized carbons (Fsp3) is 0.462. The summed E-state index contributed by atoms with van der Waals surface area (Å²) < 4.78 is 22.2. The maximum Gasteiger partial charge on any atom is 0.179 e. The molecule has 0 amide bonds. The van der Waals surface area contributed by atoms with Gasteiger partial charge < -0.3 is 0 Å². The third-order valence-corrected chi connectivity index (χ3v) is 3.84. The average Bonchev–Trinajstić information content (AvgIpc) is 2.34. The summed E-state index contributed by atoms with van der Waals surface area (Å²) >= 11 is 0. The molecule has 18 heavy (non-hydrogen) atoms. The summed E-state index contributed by atoms with van der Waals surface area (Å²) in [4.78, 5) is 13.9. The SMILES string of the molecule is CC(C(=O)c1ccccc1)N(C)CCS(C)(=O)=O. The Morgan fingerprint density at radius 2 is 1.83 bits per heavy atom. The van der Waals surface area contributed by atoms with Gasteiger partial charge in [-0.2, -0.15) is 0 Å². The number of hydrogen-bond donors (Lipinski definition) is 0. The second kappa shape index (κ2) is 6.11. The van der Waals surface area contributed by atoms with Crippen LogP contribution in [0, 0.1) is 0 Å². The lowest BCUT2D eigenvalue weighted by molar-refractivity contribution is 0.0874. The summed E-state index contributed by atoms with van der Waals surface area (Å²) in [5.74, 6) is 0.0715. The van der Waals surface area contributed by atoms with Crippen LogP contribution in [0.25, 0.3) is 0 Å². The molecule has 0 heterocycles. The Kier molecular flexibility index (Phi) is 5.04. The number of sulfone groups is 1. The second-order valence-corrected chi connectivity index (χ2v) is 6.78. The lowest BCUT2D eigenvalue weighted by Crippen LogP contribution is -2.38. The minimum Gasteiger partial charge on any atom is -0.296 e. The van der Waals surface area contributed by atoms with Gasteiger partial charge in [-0.15, -0.1) is 0 Å². The molecule has 4 nitrogen and oxygen atoms in total. The molecule has 0 radical (unpaired) electrons. The summed E-state index contributed by atoms with van der Waals surface area (Å²) in [5.41, 5.74) is 0.649. The lowest BCUT2D eigenvalue weighted by atomic mass is 10.0. The first kappa shape index (κ1) is 14.9. The maximum atomic E-state index is 12.1. The molecule has 0 aromatic heterocycles. The van der Waals surface area contributed by atoms with Gasteiger partial charge in [-0.05, 0) is 14.0 Å². The molecule has 0 spiro atoms. The van der Waals surface area contributed by atoms with Gasteiger partial charge in [0.05, 0.1) is 11.8 Å². The van der Waals surface area contributed by atoms with E-state index in [-0.39, 0.29) is 17.6 Å². The van der Waals surface area contributed by atoms with Crippen LogP contribution in [0.1, 0.15) is 17.3 Å². The van der Waals surface area contributed by atoms with Crippen molar-refractivity contribution in [2.45, 2.75) is 13.0 Å². The van der Waals surface area contributed by atoms with Gasteiger partial charge in [0.15, 0.2) is 5.78 Å². The van der Waals surface area contributed by atoms with Crippen LogP contribution in [-0.4, -0.2) is 50.7 Å². The predicted octanol–water partition coefficient (Wildman–Crippen LogP) is 1.23. The van der Waals surface area contributed by atoms with Crippen molar-refractivity contribution in [1.82, 2.24) is 4.90 Å². The summed E-state index contributed by atoms with van der Waals surface area (Å²) in [6.07, 6.45) is 1.20. The zero-order valence-electron chi connectivity index (χ0n) is 11.0. The number of hydrogen-bond acceptors (Lipinski definition) is 4. The van der Waals surface area contributed by atoms with Crippen molar-refractivity contribution in [2.75, 3.05) is 25.6 Å². The van der Waals surface area contributed by atoms with Crippen molar-refractivity contribution in [3.63, 3.8) is 0 Å². The number of likely N-dealkylation sites (N-methyl/N-ethyl adjacent to an activating group) is 1. The smallest absolute Gasteiger partial charge is 0.179 e. The Morgan fingerprint density at radius 3 is 2.33 bits per heavy atom. The number of Topliss-reactive ketones (excluding diaryl/α,β-unsaturated/α-hetero) is 1. The van der Waals surface area contributed by atoms with E-state index >= 15 is 0 Å². The van der Waals surface area contributed by atoms with Gasteiger partial charge in [0, 0.05) is 18.4 Å². The minimum absolute atomic E-state index is 0.00611. The van der Waals surface area contributed by atoms with Gasteiger partial charge in [-0.1, -0.05) is 30.3 Å². The Balaban J connectivity index is 2.64. The number of carbonyl (C=O) groups excluding carboxylic acids is 1. The monoisotopic (exact) mass is 269 g/mol. The Labute approximate surface area is 109 Å². The molecule has 1 aromatic carbocycles. The molecule has 5 heteroatoms. The molecule has 1 atom stereocenters. The predicted molar refractivity (Wildman–Crippen MR) is 72.6 cm³/mol. The van der Waals surface area contributed by atoms with Crippen molar-refractivity contribution in [1.29, 1.82) is 0 Å². The number of rotatable bonds is 6. The van der Waals surface area contributed by atoms with E-state index in [2.05, 4.69) is 0 Å². The van der Waals surface area contributed by atoms with E-state index < -0.39 is 9.84 Å². The van der Waals surface area contributed by atoms with Gasteiger partial charge >= 0.3 is 0 Å². The Hall–Kier alpha value is -1.20. The minimum atomic E-state index is -3.00. The summed E-state index contributed by atoms with van der Waals surface area (Å²) in [6.45, 7) is 2.15. The molecular weight excluding hydrogens is 250 g/mol. The fourth-order valence-electron chi connectivity index (χ4n) is 1.55. The highest BCUT2D eigenvalue weighted by Gasteiger charge is 2.20. The van der Waals surface area contributed by atoms with E-state index in [9.17, 15) is 13.2 Å². The lowest BCUT2D eigenvalue weighted by Gasteiger charge is -2.23. The van der Waals surface area contributed by atoms with E-state index in [1.807, 2.05) is 18.2 Å². The molecule has 0 aliphatic rings. The normalized spacial score (nSPS) is 13.6. The molecule has 1 rings (SSSR count). The zero-order valence-corrected chi connectivity index (χ0v) is 11.8. The Bertz CT molecular complexity index is 496. The molecule has 0 saturated carbocycles. The van der Waals surface area contributed by atoms with E-state index in [1.54, 1.807) is 31.0 Å². The van der Waals surface area contributed by atoms with Crippen molar-refractivity contribution in [3.05, 3.63) is 35.9 Å². The average molecular weight is 269 g/mol. The van der Waals surface area contributed by atoms with Crippen molar-refractivity contribution < 1.29 is 13.2 Å². The highest BCUT2D eigenvalue weighted by Crippen LogP contribution is 2.07. The third kappa shape index (κ3) is 4.58. The number of carbonyl (C=O) groups is 1. The molecule has 0 saturated heterocycles. The standard InChI is InChI=1S/C13H19NO3S/c1-11(14(2)9-10-18(3,16)17)13(15)12-7-5-4-6-8-12/h4-8,11H,9-10H2,1-3H3. The second-order valence-electron chi connectivity index (χ2n) is 4.52. The molecule has 0 bridgehead atoms. The van der Waals surface area contributed by atoms with Crippen LogP contribution < -0.4 is 0 Å². The van der Waals surface area contributed by atoms with E-state index in [0.717, 1.165) is 0 Å². The third-order valence-electron chi connectivity index (χ3n) is 2.91. The molecule has 1 aromatic rings. The van der Waals surface area contributed by atoms with Crippen molar-refractivity contribution in [3.8, 4) is 0 Å². The van der Waals surface area contributed by atoms with E-state index in [1.165, 1.54) is 6.26 Å². The van der Waals surface area contributed by atoms with Crippen LogP contribution >= 0.6 is 0 Å². The Morgan fingerprint density at radius 1 is 1.28 bits per heavy atom. The van der Waals surface area contributed by atoms with Crippen LogP contribution in [-0.2, 0) is 9.84 Å². The van der Waals surface area contributed by atoms with Crippen LogP contribution in [0.5, 0.6) is 0 Å². The fourth-order valence-corrected chi connectivity index (χ4v) is 2.17. The summed E-state index contributed by atoms with van der Waals surface area (Å²) in [7, 11) is -1.24. The summed E-state index contributed by atoms with van der Waals surface area (Å²) in [5, 5.41) is 0. The van der Waals surface area contributed by atoms with Gasteiger partial charge in [-0.3, -0.25) is 9.69 Å². The molecule has 0 aliphatic carbocycles. The first-order valence-electron chi connectivity index (χ1n) is 5.78. The molecule has 0 N–H and O–H groups in total. The summed E-state index contributed by atoms with van der Waals surface area (Å²) in [6, 6.07) is 8.70. The molecular formula is C13H19NO3S. The van der Waals surface area contributed by atoms with E-state index in [0.29, 0.717) is 12.1 Å². The largest absolute Gasteiger partial charge is 0.296 e. The molecule has 100 valence electrons. The van der Waals surface area contributed by atoms with Crippen LogP contribution in [0.15, 0.2) is 30.3 Å². The molecule has 1 unspecified atom stereocenters. The molecule has 0 fully saturated rings. The number of ketones is 1. The van der Waals surface area contributed by atoms with Crippen LogP contribution in [0.2, 0.25) is 0 Å². The van der Waals surface area contributed by atoms with Crippen LogP contribution in [0.3, 0.4) is 0 Å². The topological polar surface area (TPSA) is 54.5 Å². The number of benzene rings is 1. The van der Waals surface area contributed by atoms with Gasteiger partial charge in [0.1, 0.15) is 9.84 Å². The number of nitrogens with zero attached hydrogens (tertiary/aromatic N) is 1. The van der Waals surface area contributed by atoms with E-state index in [4.69, 9.17) is 0 Å². The first-order valence-corrected chi connectivity index (χ1v) is 7.84. The zero-order chi connectivity index (χ0) is 13.8. The highest BCUT2D eigenvalue weighted by atomic mass is 32.2. The van der Waals surface area contributed by atoms with Crippen LogP contribution in [0.4, 0.5) is 0 Å². The van der Waals surface area contributed by atoms with Gasteiger partial charge in [0.25, 0.3) is 0 Å². The van der Waals surface area contributed by atoms with Gasteiger partial charge in [0.2, 0.25) is 0 Å². The molecule has 0 aliphatic heterocycles.